The van der Waals surface area contributed by atoms with Crippen LogP contribution in [0.15, 0.2) is 54.6 Å². The lowest BCUT2D eigenvalue weighted by Crippen LogP contribution is -2.29. The summed E-state index contributed by atoms with van der Waals surface area (Å²) in [5.41, 5.74) is 1.69. The van der Waals surface area contributed by atoms with Gasteiger partial charge in [0.2, 0.25) is 5.91 Å². The van der Waals surface area contributed by atoms with Crippen LogP contribution in [0.25, 0.3) is 0 Å². The number of nitrogens with zero attached hydrogens (tertiary/aromatic N) is 1. The third kappa shape index (κ3) is 5.18. The van der Waals surface area contributed by atoms with Crippen LogP contribution < -0.4 is 4.74 Å². The van der Waals surface area contributed by atoms with Gasteiger partial charge >= 0.3 is 0 Å². The molecular weight excluding hydrogens is 314 g/mol. The number of amides is 1. The largest absolute Gasteiger partial charge is 0.494 e. The average molecular weight is 339 g/mol. The van der Waals surface area contributed by atoms with Crippen molar-refractivity contribution in [2.24, 2.45) is 0 Å². The highest BCUT2D eigenvalue weighted by Crippen LogP contribution is 2.20. The Balaban J connectivity index is 1.89. The van der Waals surface area contributed by atoms with Gasteiger partial charge < -0.3 is 9.64 Å². The minimum Gasteiger partial charge on any atom is -0.494 e. The van der Waals surface area contributed by atoms with Crippen LogP contribution >= 0.6 is 0 Å². The van der Waals surface area contributed by atoms with Gasteiger partial charge in [0.25, 0.3) is 0 Å². The number of benzene rings is 2. The molecule has 0 bridgehead atoms. The number of hydrogen-bond acceptors (Lipinski definition) is 3. The molecule has 1 amide bonds. The van der Waals surface area contributed by atoms with Gasteiger partial charge in [-0.2, -0.15) is 0 Å². The van der Waals surface area contributed by atoms with Crippen molar-refractivity contribution in [3.05, 3.63) is 65.7 Å². The molecule has 0 aliphatic heterocycles. The second-order valence-corrected chi connectivity index (χ2v) is 5.97. The second-order valence-electron chi connectivity index (χ2n) is 5.97. The van der Waals surface area contributed by atoms with E-state index in [1.165, 1.54) is 0 Å². The molecule has 25 heavy (non-hydrogen) atoms. The quantitative estimate of drug-likeness (QED) is 0.675. The van der Waals surface area contributed by atoms with Gasteiger partial charge in [-0.25, -0.2) is 0 Å². The van der Waals surface area contributed by atoms with Crippen LogP contribution in [0.3, 0.4) is 0 Å². The lowest BCUT2D eigenvalue weighted by atomic mass is 10.0. The van der Waals surface area contributed by atoms with Crippen molar-refractivity contribution in [2.75, 3.05) is 13.7 Å². The summed E-state index contributed by atoms with van der Waals surface area (Å²) in [6, 6.07) is 16.9. The van der Waals surface area contributed by atoms with E-state index >= 15 is 0 Å². The predicted octanol–water partition coefficient (Wildman–Crippen LogP) is 4.27. The number of carbonyl (C=O) groups is 2. The minimum absolute atomic E-state index is 0.0192. The molecule has 2 rings (SSSR count). The number of Topliss-reactive ketones (excluding diaryl/α,β-unsaturated/α-hetero) is 1. The van der Waals surface area contributed by atoms with E-state index in [-0.39, 0.29) is 30.6 Å². The Morgan fingerprint density at radius 3 is 2.24 bits per heavy atom. The normalized spacial score (nSPS) is 11.6. The second kappa shape index (κ2) is 9.02. The van der Waals surface area contributed by atoms with E-state index in [0.717, 1.165) is 11.3 Å². The van der Waals surface area contributed by atoms with E-state index in [9.17, 15) is 9.59 Å². The molecule has 1 unspecified atom stereocenters. The summed E-state index contributed by atoms with van der Waals surface area (Å²) in [6.45, 7) is 4.49. The Bertz CT molecular complexity index is 695. The maximum Gasteiger partial charge on any atom is 0.223 e. The molecule has 1 atom stereocenters. The molecule has 4 nitrogen and oxygen atoms in total. The molecule has 132 valence electrons. The first-order valence-electron chi connectivity index (χ1n) is 8.59. The molecule has 0 aliphatic rings. The zero-order valence-electron chi connectivity index (χ0n) is 15.1. The van der Waals surface area contributed by atoms with Gasteiger partial charge in [0, 0.05) is 25.5 Å². The summed E-state index contributed by atoms with van der Waals surface area (Å²) in [6.07, 6.45) is 0.415. The van der Waals surface area contributed by atoms with Crippen LogP contribution in [-0.2, 0) is 4.79 Å². The van der Waals surface area contributed by atoms with Crippen LogP contribution in [0.2, 0.25) is 0 Å². The Morgan fingerprint density at radius 2 is 1.64 bits per heavy atom. The highest BCUT2D eigenvalue weighted by atomic mass is 16.5. The molecule has 0 fully saturated rings. The molecule has 0 aliphatic carbocycles. The number of ketones is 1. The first kappa shape index (κ1) is 18.7. The predicted molar refractivity (Wildman–Crippen MR) is 98.8 cm³/mol. The van der Waals surface area contributed by atoms with Gasteiger partial charge in [0.1, 0.15) is 5.75 Å². The number of carbonyl (C=O) groups excluding carboxylic acids is 2. The van der Waals surface area contributed by atoms with E-state index in [4.69, 9.17) is 4.74 Å². The van der Waals surface area contributed by atoms with Crippen LogP contribution in [0.1, 0.15) is 48.7 Å². The third-order valence-electron chi connectivity index (χ3n) is 4.31. The molecule has 4 heteroatoms. The SMILES string of the molecule is CCOc1ccc(C(=O)CCC(=O)N(C)C(C)c2ccccc2)cc1. The average Bonchev–Trinajstić information content (AvgIpc) is 2.66. The van der Waals surface area contributed by atoms with Crippen molar-refractivity contribution in [2.45, 2.75) is 32.7 Å². The molecule has 0 saturated carbocycles. The Hall–Kier alpha value is -2.62. The first-order valence-corrected chi connectivity index (χ1v) is 8.59. The maximum atomic E-state index is 12.4. The number of hydrogen-bond donors (Lipinski definition) is 0. The zero-order valence-corrected chi connectivity index (χ0v) is 15.1. The standard InChI is InChI=1S/C21H25NO3/c1-4-25-19-12-10-18(11-13-19)20(23)14-15-21(24)22(3)16(2)17-8-6-5-7-9-17/h5-13,16H,4,14-15H2,1-3H3. The molecule has 0 N–H and O–H groups in total. The molecule has 0 aromatic heterocycles. The van der Waals surface area contributed by atoms with Crippen LogP contribution in [0, 0.1) is 0 Å². The monoisotopic (exact) mass is 339 g/mol. The highest BCUT2D eigenvalue weighted by Gasteiger charge is 2.18. The van der Waals surface area contributed by atoms with Crippen LogP contribution in [0.5, 0.6) is 5.75 Å². The van der Waals surface area contributed by atoms with Gasteiger partial charge in [-0.15, -0.1) is 0 Å². The van der Waals surface area contributed by atoms with E-state index in [1.807, 2.05) is 44.2 Å². The van der Waals surface area contributed by atoms with Crippen molar-refractivity contribution in [3.8, 4) is 5.75 Å². The highest BCUT2D eigenvalue weighted by molar-refractivity contribution is 5.98. The Morgan fingerprint density at radius 1 is 1.00 bits per heavy atom. The van der Waals surface area contributed by atoms with Gasteiger partial charge in [-0.1, -0.05) is 30.3 Å². The van der Waals surface area contributed by atoms with Gasteiger partial charge in [-0.05, 0) is 43.7 Å². The molecule has 0 spiro atoms. The van der Waals surface area contributed by atoms with E-state index in [0.29, 0.717) is 12.2 Å². The lowest BCUT2D eigenvalue weighted by Gasteiger charge is -2.25. The fourth-order valence-corrected chi connectivity index (χ4v) is 2.62. The van der Waals surface area contributed by atoms with Gasteiger partial charge in [-0.3, -0.25) is 9.59 Å². The van der Waals surface area contributed by atoms with Crippen molar-refractivity contribution in [1.82, 2.24) is 4.90 Å². The number of ether oxygens (including phenoxy) is 1. The summed E-state index contributed by atoms with van der Waals surface area (Å²) in [5.74, 6) is 0.680. The van der Waals surface area contributed by atoms with Crippen LogP contribution in [0.4, 0.5) is 0 Å². The Labute approximate surface area is 149 Å². The van der Waals surface area contributed by atoms with Crippen molar-refractivity contribution in [1.29, 1.82) is 0 Å². The summed E-state index contributed by atoms with van der Waals surface area (Å²) in [7, 11) is 1.78. The maximum absolute atomic E-state index is 12.4. The molecule has 2 aromatic carbocycles. The van der Waals surface area contributed by atoms with Gasteiger partial charge in [0.05, 0.1) is 12.6 Å². The van der Waals surface area contributed by atoms with Crippen LogP contribution in [-0.4, -0.2) is 30.2 Å². The molecular formula is C21H25NO3. The Kier molecular flexibility index (Phi) is 6.75. The molecule has 0 heterocycles. The summed E-state index contributed by atoms with van der Waals surface area (Å²) in [4.78, 5) is 26.4. The van der Waals surface area contributed by atoms with E-state index in [1.54, 1.807) is 36.2 Å². The number of rotatable bonds is 8. The third-order valence-corrected chi connectivity index (χ3v) is 4.31. The fraction of sp³-hybridized carbons (Fsp3) is 0.333. The smallest absolute Gasteiger partial charge is 0.223 e. The molecule has 0 radical (unpaired) electrons. The summed E-state index contributed by atoms with van der Waals surface area (Å²) in [5, 5.41) is 0. The van der Waals surface area contributed by atoms with Gasteiger partial charge in [0.15, 0.2) is 5.78 Å². The fourth-order valence-electron chi connectivity index (χ4n) is 2.62. The van der Waals surface area contributed by atoms with Crippen molar-refractivity contribution < 1.29 is 14.3 Å². The molecule has 0 saturated heterocycles. The summed E-state index contributed by atoms with van der Waals surface area (Å²) >= 11 is 0. The van der Waals surface area contributed by atoms with Crippen molar-refractivity contribution in [3.63, 3.8) is 0 Å². The minimum atomic E-state index is -0.0318. The van der Waals surface area contributed by atoms with E-state index < -0.39 is 0 Å². The molecule has 2 aromatic rings. The lowest BCUT2D eigenvalue weighted by molar-refractivity contribution is -0.131. The first-order chi connectivity index (χ1) is 12.0. The topological polar surface area (TPSA) is 46.6 Å². The van der Waals surface area contributed by atoms with Crippen molar-refractivity contribution >= 4 is 11.7 Å². The zero-order chi connectivity index (χ0) is 18.2. The van der Waals surface area contributed by atoms with E-state index in [2.05, 4.69) is 0 Å². The summed E-state index contributed by atoms with van der Waals surface area (Å²) < 4.78 is 5.37.